The Hall–Kier alpha value is -3.46. The average Bonchev–Trinajstić information content (AvgIpc) is 2.46. The summed E-state index contributed by atoms with van der Waals surface area (Å²) in [5, 5.41) is 30.7. The van der Waals surface area contributed by atoms with Crippen LogP contribution in [0, 0.1) is 32.8 Å². The Morgan fingerprint density at radius 3 is 2.52 bits per heavy atom. The SMILES string of the molecule is CCOC(=O)C(=O)Nc1ccc(C#N)c(C#N)c1[N+](=O)[O-]. The minimum absolute atomic E-state index is 0.0365. The second-order valence-corrected chi connectivity index (χ2v) is 3.54. The van der Waals surface area contributed by atoms with Gasteiger partial charge in [0.05, 0.1) is 17.1 Å². The normalized spacial score (nSPS) is 9.10. The third kappa shape index (κ3) is 3.30. The van der Waals surface area contributed by atoms with Crippen LogP contribution < -0.4 is 5.32 Å². The molecular weight excluding hydrogens is 280 g/mol. The lowest BCUT2D eigenvalue weighted by molar-refractivity contribution is -0.384. The average molecular weight is 288 g/mol. The molecule has 0 heterocycles. The molecule has 0 bridgehead atoms. The highest BCUT2D eigenvalue weighted by Gasteiger charge is 2.26. The molecule has 0 aliphatic heterocycles. The first-order valence-electron chi connectivity index (χ1n) is 5.55. The van der Waals surface area contributed by atoms with Gasteiger partial charge < -0.3 is 10.1 Å². The number of nitro groups is 1. The van der Waals surface area contributed by atoms with E-state index >= 15 is 0 Å². The summed E-state index contributed by atoms with van der Waals surface area (Å²) in [6.07, 6.45) is 0. The largest absolute Gasteiger partial charge is 0.459 e. The summed E-state index contributed by atoms with van der Waals surface area (Å²) in [5.41, 5.74) is -1.83. The molecule has 21 heavy (non-hydrogen) atoms. The summed E-state index contributed by atoms with van der Waals surface area (Å²) in [7, 11) is 0. The number of amides is 1. The van der Waals surface area contributed by atoms with Crippen LogP contribution in [0.3, 0.4) is 0 Å². The number of hydrogen-bond acceptors (Lipinski definition) is 7. The zero-order valence-electron chi connectivity index (χ0n) is 10.7. The van der Waals surface area contributed by atoms with Crippen molar-refractivity contribution in [2.24, 2.45) is 0 Å². The van der Waals surface area contributed by atoms with Gasteiger partial charge in [-0.1, -0.05) is 0 Å². The molecule has 0 fully saturated rings. The Bertz CT molecular complexity index is 699. The van der Waals surface area contributed by atoms with Crippen molar-refractivity contribution in [1.82, 2.24) is 0 Å². The Morgan fingerprint density at radius 1 is 1.38 bits per heavy atom. The van der Waals surface area contributed by atoms with Gasteiger partial charge in [-0.3, -0.25) is 14.9 Å². The molecule has 0 spiro atoms. The van der Waals surface area contributed by atoms with E-state index in [1.807, 2.05) is 5.32 Å². The van der Waals surface area contributed by atoms with Gasteiger partial charge in [0, 0.05) is 0 Å². The number of nitrogens with one attached hydrogen (secondary N) is 1. The number of esters is 1. The van der Waals surface area contributed by atoms with Crippen molar-refractivity contribution >= 4 is 23.3 Å². The van der Waals surface area contributed by atoms with E-state index in [1.54, 1.807) is 6.07 Å². The number of nitrogens with zero attached hydrogens (tertiary/aromatic N) is 3. The first kappa shape index (κ1) is 15.6. The first-order valence-corrected chi connectivity index (χ1v) is 5.55. The standard InChI is InChI=1S/C12H8N4O5/c1-2-21-12(18)11(17)15-9-4-3-7(5-13)8(6-14)10(9)16(19)20/h3-4H,2H2,1H3,(H,15,17). The van der Waals surface area contributed by atoms with Gasteiger partial charge in [0.25, 0.3) is 0 Å². The molecule has 0 unspecified atom stereocenters. The van der Waals surface area contributed by atoms with E-state index in [2.05, 4.69) is 4.74 Å². The Kier molecular flexibility index (Phi) is 4.93. The van der Waals surface area contributed by atoms with Crippen molar-refractivity contribution in [2.45, 2.75) is 6.92 Å². The van der Waals surface area contributed by atoms with E-state index in [-0.39, 0.29) is 17.9 Å². The summed E-state index contributed by atoms with van der Waals surface area (Å²) in [6.45, 7) is 1.45. The lowest BCUT2D eigenvalue weighted by atomic mass is 10.1. The van der Waals surface area contributed by atoms with Crippen LogP contribution >= 0.6 is 0 Å². The minimum Gasteiger partial charge on any atom is -0.459 e. The van der Waals surface area contributed by atoms with Crippen molar-refractivity contribution in [3.63, 3.8) is 0 Å². The first-order chi connectivity index (χ1) is 9.96. The Labute approximate surface area is 118 Å². The van der Waals surface area contributed by atoms with E-state index in [0.29, 0.717) is 0 Å². The number of carbonyl (C=O) groups excluding carboxylic acids is 2. The van der Waals surface area contributed by atoms with Crippen LogP contribution in [-0.2, 0) is 14.3 Å². The molecule has 0 saturated carbocycles. The number of nitriles is 2. The molecule has 0 aromatic heterocycles. The highest BCUT2D eigenvalue weighted by molar-refractivity contribution is 6.37. The molecule has 0 atom stereocenters. The number of rotatable bonds is 3. The highest BCUT2D eigenvalue weighted by atomic mass is 16.6. The van der Waals surface area contributed by atoms with E-state index in [0.717, 1.165) is 12.1 Å². The van der Waals surface area contributed by atoms with E-state index < -0.39 is 28.1 Å². The maximum atomic E-state index is 11.5. The molecule has 0 aliphatic rings. The van der Waals surface area contributed by atoms with Crippen molar-refractivity contribution in [2.75, 3.05) is 11.9 Å². The van der Waals surface area contributed by atoms with Crippen LogP contribution in [0.4, 0.5) is 11.4 Å². The second-order valence-electron chi connectivity index (χ2n) is 3.54. The number of ether oxygens (including phenoxy) is 1. The lowest BCUT2D eigenvalue weighted by Gasteiger charge is -2.07. The zero-order chi connectivity index (χ0) is 16.0. The zero-order valence-corrected chi connectivity index (χ0v) is 10.7. The molecule has 0 aliphatic carbocycles. The topological polar surface area (TPSA) is 146 Å². The molecule has 1 aromatic rings. The fourth-order valence-electron chi connectivity index (χ4n) is 1.46. The van der Waals surface area contributed by atoms with Crippen molar-refractivity contribution in [1.29, 1.82) is 10.5 Å². The summed E-state index contributed by atoms with van der Waals surface area (Å²) >= 11 is 0. The quantitative estimate of drug-likeness (QED) is 0.375. The number of benzene rings is 1. The molecule has 1 aromatic carbocycles. The predicted molar refractivity (Wildman–Crippen MR) is 67.8 cm³/mol. The van der Waals surface area contributed by atoms with Gasteiger partial charge >= 0.3 is 17.6 Å². The predicted octanol–water partition coefficient (Wildman–Crippen LogP) is 0.840. The lowest BCUT2D eigenvalue weighted by Crippen LogP contribution is -2.25. The van der Waals surface area contributed by atoms with Crippen molar-refractivity contribution in [3.05, 3.63) is 33.4 Å². The summed E-state index contributed by atoms with van der Waals surface area (Å²) < 4.78 is 4.44. The Morgan fingerprint density at radius 2 is 2.05 bits per heavy atom. The number of anilines is 1. The maximum absolute atomic E-state index is 11.5. The van der Waals surface area contributed by atoms with Gasteiger partial charge in [0.1, 0.15) is 23.4 Å². The molecular formula is C12H8N4O5. The number of hydrogen-bond donors (Lipinski definition) is 1. The molecule has 0 radical (unpaired) electrons. The van der Waals surface area contributed by atoms with Crippen molar-refractivity contribution < 1.29 is 19.2 Å². The summed E-state index contributed by atoms with van der Waals surface area (Å²) in [5.74, 6) is -2.43. The Balaban J connectivity index is 3.30. The monoisotopic (exact) mass is 288 g/mol. The molecule has 9 nitrogen and oxygen atoms in total. The van der Waals surface area contributed by atoms with Gasteiger partial charge in [0.15, 0.2) is 0 Å². The van der Waals surface area contributed by atoms with E-state index in [9.17, 15) is 19.7 Å². The van der Waals surface area contributed by atoms with Crippen LogP contribution in [0.15, 0.2) is 12.1 Å². The van der Waals surface area contributed by atoms with Crippen LogP contribution in [0.1, 0.15) is 18.1 Å². The van der Waals surface area contributed by atoms with Crippen molar-refractivity contribution in [3.8, 4) is 12.1 Å². The second kappa shape index (κ2) is 6.63. The third-order valence-corrected chi connectivity index (χ3v) is 2.30. The van der Waals surface area contributed by atoms with Gasteiger partial charge in [-0.05, 0) is 19.1 Å². The fraction of sp³-hybridized carbons (Fsp3) is 0.167. The van der Waals surface area contributed by atoms with Gasteiger partial charge in [-0.25, -0.2) is 4.79 Å². The van der Waals surface area contributed by atoms with Crippen LogP contribution in [0.5, 0.6) is 0 Å². The third-order valence-electron chi connectivity index (χ3n) is 2.30. The fourth-order valence-corrected chi connectivity index (χ4v) is 1.46. The van der Waals surface area contributed by atoms with Crippen LogP contribution in [0.25, 0.3) is 0 Å². The van der Waals surface area contributed by atoms with E-state index in [4.69, 9.17) is 10.5 Å². The minimum atomic E-state index is -1.21. The van der Waals surface area contributed by atoms with Gasteiger partial charge in [-0.15, -0.1) is 0 Å². The summed E-state index contributed by atoms with van der Waals surface area (Å²) in [6, 6.07) is 5.36. The molecule has 106 valence electrons. The van der Waals surface area contributed by atoms with Gasteiger partial charge in [0.2, 0.25) is 0 Å². The highest BCUT2D eigenvalue weighted by Crippen LogP contribution is 2.30. The van der Waals surface area contributed by atoms with Crippen LogP contribution in [-0.4, -0.2) is 23.4 Å². The number of carbonyl (C=O) groups is 2. The molecule has 9 heteroatoms. The van der Waals surface area contributed by atoms with Gasteiger partial charge in [-0.2, -0.15) is 10.5 Å². The molecule has 0 saturated heterocycles. The molecule has 1 amide bonds. The number of nitro benzene ring substituents is 1. The summed E-state index contributed by atoms with van der Waals surface area (Å²) in [4.78, 5) is 32.8. The smallest absolute Gasteiger partial charge is 0.397 e. The maximum Gasteiger partial charge on any atom is 0.397 e. The van der Waals surface area contributed by atoms with Crippen LogP contribution in [0.2, 0.25) is 0 Å². The van der Waals surface area contributed by atoms with E-state index in [1.165, 1.54) is 13.0 Å². The molecule has 1 N–H and O–H groups in total. The molecule has 1 rings (SSSR count).